The van der Waals surface area contributed by atoms with Crippen molar-refractivity contribution in [3.8, 4) is 0 Å². The van der Waals surface area contributed by atoms with Crippen molar-refractivity contribution in [2.75, 3.05) is 6.54 Å². The van der Waals surface area contributed by atoms with Gasteiger partial charge in [0.25, 0.3) is 5.91 Å². The van der Waals surface area contributed by atoms with Gasteiger partial charge in [0.2, 0.25) is 0 Å². The first-order valence-corrected chi connectivity index (χ1v) is 10.9. The van der Waals surface area contributed by atoms with E-state index in [1.165, 1.54) is 31.3 Å². The highest BCUT2D eigenvalue weighted by atomic mass is 32.2. The number of aromatic nitrogens is 2. The molecule has 144 valence electrons. The second-order valence-electron chi connectivity index (χ2n) is 7.13. The highest BCUT2D eigenvalue weighted by molar-refractivity contribution is 7.98. The van der Waals surface area contributed by atoms with Crippen LogP contribution in [0, 0.1) is 0 Å². The summed E-state index contributed by atoms with van der Waals surface area (Å²) in [5, 5.41) is 3.04. The zero-order chi connectivity index (χ0) is 19.2. The van der Waals surface area contributed by atoms with E-state index in [2.05, 4.69) is 22.6 Å². The predicted molar refractivity (Wildman–Crippen MR) is 115 cm³/mol. The molecule has 3 aromatic rings. The van der Waals surface area contributed by atoms with Crippen LogP contribution in [0.15, 0.2) is 71.4 Å². The van der Waals surface area contributed by atoms with Crippen molar-refractivity contribution in [1.82, 2.24) is 14.7 Å². The van der Waals surface area contributed by atoms with Crippen LogP contribution in [0.3, 0.4) is 0 Å². The van der Waals surface area contributed by atoms with Gasteiger partial charge < -0.3 is 9.72 Å². The zero-order valence-electron chi connectivity index (χ0n) is 15.9. The summed E-state index contributed by atoms with van der Waals surface area (Å²) in [5.74, 6) is 0.816. The summed E-state index contributed by atoms with van der Waals surface area (Å²) in [6.07, 6.45) is 12.3. The number of nitrogens with zero attached hydrogens (tertiary/aromatic N) is 2. The Labute approximate surface area is 170 Å². The van der Waals surface area contributed by atoms with Crippen LogP contribution in [-0.2, 0) is 5.75 Å². The van der Waals surface area contributed by atoms with Crippen molar-refractivity contribution in [1.29, 1.82) is 0 Å². The molecule has 1 amide bonds. The third-order valence-electron chi connectivity index (χ3n) is 5.03. The van der Waals surface area contributed by atoms with Gasteiger partial charge in [0.15, 0.2) is 0 Å². The summed E-state index contributed by atoms with van der Waals surface area (Å²) < 4.78 is 2.03. The molecule has 0 fully saturated rings. The smallest absolute Gasteiger partial charge is 0.251 e. The average molecular weight is 392 g/mol. The third kappa shape index (κ3) is 4.84. The van der Waals surface area contributed by atoms with Gasteiger partial charge in [-0.3, -0.25) is 4.79 Å². The molecule has 0 saturated carbocycles. The van der Waals surface area contributed by atoms with Crippen molar-refractivity contribution < 1.29 is 4.79 Å². The molecule has 5 heteroatoms. The zero-order valence-corrected chi connectivity index (χ0v) is 16.8. The minimum atomic E-state index is 0.00769. The van der Waals surface area contributed by atoms with E-state index in [0.717, 1.165) is 40.5 Å². The number of pyridine rings is 1. The molecule has 1 aliphatic carbocycles. The number of hydrogen-bond acceptors (Lipinski definition) is 3. The number of fused-ring (bicyclic) bond motifs is 1. The van der Waals surface area contributed by atoms with Crippen LogP contribution >= 0.6 is 11.8 Å². The number of carbonyl (C=O) groups is 1. The highest BCUT2D eigenvalue weighted by Gasteiger charge is 2.08. The van der Waals surface area contributed by atoms with E-state index in [-0.39, 0.29) is 5.91 Å². The number of rotatable bonds is 7. The summed E-state index contributed by atoms with van der Waals surface area (Å²) in [6.45, 7) is 0.717. The molecule has 4 nitrogen and oxygen atoms in total. The average Bonchev–Trinajstić information content (AvgIpc) is 3.16. The van der Waals surface area contributed by atoms with E-state index in [1.807, 2.05) is 53.1 Å². The van der Waals surface area contributed by atoms with Gasteiger partial charge in [0, 0.05) is 35.2 Å². The van der Waals surface area contributed by atoms with Crippen molar-refractivity contribution in [3.63, 3.8) is 0 Å². The molecular weight excluding hydrogens is 366 g/mol. The minimum absolute atomic E-state index is 0.00769. The van der Waals surface area contributed by atoms with Crippen LogP contribution in [-0.4, -0.2) is 21.8 Å². The Kier molecular flexibility index (Phi) is 6.12. The van der Waals surface area contributed by atoms with Gasteiger partial charge >= 0.3 is 0 Å². The van der Waals surface area contributed by atoms with Crippen LogP contribution in [0.1, 0.15) is 48.2 Å². The van der Waals surface area contributed by atoms with Gasteiger partial charge in [0.1, 0.15) is 5.65 Å². The summed E-state index contributed by atoms with van der Waals surface area (Å²) >= 11 is 1.73. The maximum atomic E-state index is 12.3. The molecule has 4 rings (SSSR count). The SMILES string of the molecule is O=C(NCCC1=CCCCC1)c1ccc(SCc2cn3ccccc3n2)cc1. The Balaban J connectivity index is 1.26. The number of allylic oxidation sites excluding steroid dienone is 1. The molecule has 2 heterocycles. The van der Waals surface area contributed by atoms with Gasteiger partial charge in [-0.2, -0.15) is 0 Å². The van der Waals surface area contributed by atoms with E-state index in [0.29, 0.717) is 0 Å². The van der Waals surface area contributed by atoms with E-state index < -0.39 is 0 Å². The number of hydrogen-bond donors (Lipinski definition) is 1. The number of carbonyl (C=O) groups excluding carboxylic acids is 1. The van der Waals surface area contributed by atoms with E-state index >= 15 is 0 Å². The highest BCUT2D eigenvalue weighted by Crippen LogP contribution is 2.23. The summed E-state index contributed by atoms with van der Waals surface area (Å²) in [4.78, 5) is 18.1. The van der Waals surface area contributed by atoms with E-state index in [1.54, 1.807) is 11.8 Å². The molecule has 0 radical (unpaired) electrons. The van der Waals surface area contributed by atoms with Crippen LogP contribution in [0.25, 0.3) is 5.65 Å². The second-order valence-corrected chi connectivity index (χ2v) is 8.17. The fraction of sp³-hybridized carbons (Fsp3) is 0.304. The second kappa shape index (κ2) is 9.11. The van der Waals surface area contributed by atoms with Crippen molar-refractivity contribution >= 4 is 23.3 Å². The fourth-order valence-electron chi connectivity index (χ4n) is 3.49. The fourth-order valence-corrected chi connectivity index (χ4v) is 4.27. The van der Waals surface area contributed by atoms with Gasteiger partial charge in [0.05, 0.1) is 5.69 Å². The van der Waals surface area contributed by atoms with Crippen molar-refractivity contribution in [2.45, 2.75) is 42.8 Å². The molecular formula is C23H25N3OS. The molecule has 28 heavy (non-hydrogen) atoms. The standard InChI is InChI=1S/C23H25N3OS/c27-23(24-14-13-18-6-2-1-3-7-18)19-9-11-21(12-10-19)28-17-20-16-26-15-5-4-8-22(26)25-20/h4-6,8-12,15-16H,1-3,7,13-14,17H2,(H,24,27). The maximum Gasteiger partial charge on any atom is 0.251 e. The molecule has 0 aliphatic heterocycles. The summed E-state index contributed by atoms with van der Waals surface area (Å²) in [7, 11) is 0. The lowest BCUT2D eigenvalue weighted by atomic mass is 9.97. The molecule has 2 aromatic heterocycles. The lowest BCUT2D eigenvalue weighted by Crippen LogP contribution is -2.24. The normalized spacial score (nSPS) is 14.1. The first-order valence-electron chi connectivity index (χ1n) is 9.89. The first kappa shape index (κ1) is 18.8. The van der Waals surface area contributed by atoms with Gasteiger partial charge in [-0.1, -0.05) is 17.7 Å². The molecule has 0 unspecified atom stereocenters. The van der Waals surface area contributed by atoms with Crippen LogP contribution in [0.2, 0.25) is 0 Å². The molecule has 1 N–H and O–H groups in total. The molecule has 0 spiro atoms. The number of imidazole rings is 1. The van der Waals surface area contributed by atoms with E-state index in [4.69, 9.17) is 0 Å². The summed E-state index contributed by atoms with van der Waals surface area (Å²) in [5.41, 5.74) is 4.23. The number of nitrogens with one attached hydrogen (secondary N) is 1. The quantitative estimate of drug-likeness (QED) is 0.442. The molecule has 0 saturated heterocycles. The number of thioether (sulfide) groups is 1. The molecule has 0 bridgehead atoms. The molecule has 1 aliphatic rings. The van der Waals surface area contributed by atoms with Gasteiger partial charge in [-0.15, -0.1) is 11.8 Å². The van der Waals surface area contributed by atoms with E-state index in [9.17, 15) is 4.79 Å². The minimum Gasteiger partial charge on any atom is -0.352 e. The predicted octanol–water partition coefficient (Wildman–Crippen LogP) is 5.25. The van der Waals surface area contributed by atoms with Crippen LogP contribution < -0.4 is 5.32 Å². The Bertz CT molecular complexity index is 942. The molecule has 0 atom stereocenters. The Hall–Kier alpha value is -2.53. The number of benzene rings is 1. The lowest BCUT2D eigenvalue weighted by Gasteiger charge is -2.13. The van der Waals surface area contributed by atoms with Crippen LogP contribution in [0.4, 0.5) is 0 Å². The largest absolute Gasteiger partial charge is 0.352 e. The number of amides is 1. The van der Waals surface area contributed by atoms with Gasteiger partial charge in [-0.25, -0.2) is 4.98 Å². The molecule has 1 aromatic carbocycles. The van der Waals surface area contributed by atoms with Crippen molar-refractivity contribution in [3.05, 3.63) is 77.8 Å². The third-order valence-corrected chi connectivity index (χ3v) is 6.08. The lowest BCUT2D eigenvalue weighted by molar-refractivity contribution is 0.0954. The Morgan fingerprint density at radius 1 is 1.14 bits per heavy atom. The topological polar surface area (TPSA) is 46.4 Å². The van der Waals surface area contributed by atoms with Crippen molar-refractivity contribution in [2.24, 2.45) is 0 Å². The first-order chi connectivity index (χ1) is 13.8. The van der Waals surface area contributed by atoms with Crippen LogP contribution in [0.5, 0.6) is 0 Å². The summed E-state index contributed by atoms with van der Waals surface area (Å²) in [6, 6.07) is 13.8. The Morgan fingerprint density at radius 3 is 2.82 bits per heavy atom. The monoisotopic (exact) mass is 391 g/mol. The Morgan fingerprint density at radius 2 is 2.04 bits per heavy atom. The van der Waals surface area contributed by atoms with Gasteiger partial charge in [-0.05, 0) is 68.5 Å². The maximum absolute atomic E-state index is 12.3.